The van der Waals surface area contributed by atoms with Crippen molar-refractivity contribution >= 4 is 0 Å². The fourth-order valence-electron chi connectivity index (χ4n) is 3.42. The number of methoxy groups -OCH3 is 1. The van der Waals surface area contributed by atoms with Gasteiger partial charge < -0.3 is 9.84 Å². The van der Waals surface area contributed by atoms with Gasteiger partial charge in [0.15, 0.2) is 5.75 Å². The van der Waals surface area contributed by atoms with Crippen molar-refractivity contribution in [2.45, 2.75) is 57.3 Å². The number of hydrogen-bond acceptors (Lipinski definition) is 4. The molecule has 0 spiro atoms. The second-order valence-corrected chi connectivity index (χ2v) is 5.87. The first kappa shape index (κ1) is 12.9. The molecule has 0 amide bonds. The third-order valence-electron chi connectivity index (χ3n) is 4.43. The number of likely N-dealkylation sites (tertiary alicyclic amines) is 1. The lowest BCUT2D eigenvalue weighted by molar-refractivity contribution is 0.0337. The number of β-amino-alcohol motifs (C(OH)–C–C–N with tert-alkyl or cyclic N) is 1. The zero-order valence-corrected chi connectivity index (χ0v) is 12.0. The fourth-order valence-corrected chi connectivity index (χ4v) is 3.42. The second kappa shape index (κ2) is 4.49. The highest BCUT2D eigenvalue weighted by atomic mass is 16.5. The van der Waals surface area contributed by atoms with Gasteiger partial charge in [-0.1, -0.05) is 0 Å². The third kappa shape index (κ3) is 2.05. The smallest absolute Gasteiger partial charge is 0.162 e. The molecule has 2 fully saturated rings. The molecule has 0 radical (unpaired) electrons. The van der Waals surface area contributed by atoms with E-state index in [1.807, 2.05) is 11.6 Å². The Balaban J connectivity index is 1.94. The normalized spacial score (nSPS) is 31.9. The van der Waals surface area contributed by atoms with Gasteiger partial charge in [-0.2, -0.15) is 5.10 Å². The molecule has 2 atom stereocenters. The number of hydrogen-bond donors (Lipinski definition) is 1. The lowest BCUT2D eigenvalue weighted by Gasteiger charge is -2.25. The van der Waals surface area contributed by atoms with Gasteiger partial charge in [-0.15, -0.1) is 0 Å². The molecule has 106 valence electrons. The van der Waals surface area contributed by atoms with E-state index in [-0.39, 0.29) is 0 Å². The van der Waals surface area contributed by atoms with E-state index in [2.05, 4.69) is 16.9 Å². The molecule has 0 aromatic carbocycles. The molecule has 1 N–H and O–H groups in total. The number of aryl methyl sites for hydroxylation is 1. The predicted octanol–water partition coefficient (Wildman–Crippen LogP) is 1.36. The van der Waals surface area contributed by atoms with Gasteiger partial charge in [0.05, 0.1) is 13.3 Å². The molecule has 2 heterocycles. The van der Waals surface area contributed by atoms with Gasteiger partial charge in [0.25, 0.3) is 0 Å². The van der Waals surface area contributed by atoms with Crippen molar-refractivity contribution in [1.29, 1.82) is 0 Å². The highest BCUT2D eigenvalue weighted by Gasteiger charge is 2.49. The van der Waals surface area contributed by atoms with Gasteiger partial charge in [-0.3, -0.25) is 9.58 Å². The fraction of sp³-hybridized carbons (Fsp3) is 0.786. The minimum Gasteiger partial charge on any atom is -0.493 e. The SMILES string of the molecule is CCn1ncc(OC)c1C1(O)CC(C)N(C2CC2)C1. The van der Waals surface area contributed by atoms with E-state index in [1.54, 1.807) is 13.3 Å². The minimum atomic E-state index is -0.833. The van der Waals surface area contributed by atoms with Crippen molar-refractivity contribution in [2.24, 2.45) is 0 Å². The zero-order chi connectivity index (χ0) is 13.6. The van der Waals surface area contributed by atoms with Crippen LogP contribution in [-0.2, 0) is 12.1 Å². The van der Waals surface area contributed by atoms with E-state index in [0.29, 0.717) is 24.4 Å². The van der Waals surface area contributed by atoms with Crippen LogP contribution in [0.3, 0.4) is 0 Å². The standard InChI is InChI=1S/C14H23N3O2/c1-4-17-13(12(19-3)8-15-17)14(18)7-10(2)16(9-14)11-5-6-11/h8,10-11,18H,4-7,9H2,1-3H3. The Hall–Kier alpha value is -1.07. The number of rotatable bonds is 4. The van der Waals surface area contributed by atoms with Crippen molar-refractivity contribution in [3.05, 3.63) is 11.9 Å². The molecule has 1 aliphatic carbocycles. The highest BCUT2D eigenvalue weighted by molar-refractivity contribution is 5.33. The van der Waals surface area contributed by atoms with E-state index in [9.17, 15) is 5.11 Å². The van der Waals surface area contributed by atoms with Crippen LogP contribution in [0.5, 0.6) is 5.75 Å². The molecule has 1 saturated carbocycles. The van der Waals surface area contributed by atoms with Gasteiger partial charge in [0.1, 0.15) is 11.3 Å². The Bertz CT molecular complexity index is 448. The van der Waals surface area contributed by atoms with Crippen LogP contribution in [0.2, 0.25) is 0 Å². The largest absolute Gasteiger partial charge is 0.493 e. The summed E-state index contributed by atoms with van der Waals surface area (Å²) in [5.41, 5.74) is 0.00681. The van der Waals surface area contributed by atoms with E-state index >= 15 is 0 Å². The number of ether oxygens (including phenoxy) is 1. The van der Waals surface area contributed by atoms with Crippen LogP contribution in [0.15, 0.2) is 6.20 Å². The topological polar surface area (TPSA) is 50.5 Å². The minimum absolute atomic E-state index is 0.419. The number of aliphatic hydroxyl groups is 1. The Morgan fingerprint density at radius 1 is 1.53 bits per heavy atom. The van der Waals surface area contributed by atoms with Crippen LogP contribution >= 0.6 is 0 Å². The Morgan fingerprint density at radius 3 is 2.84 bits per heavy atom. The van der Waals surface area contributed by atoms with Crippen LogP contribution in [0.4, 0.5) is 0 Å². The second-order valence-electron chi connectivity index (χ2n) is 5.87. The molecule has 1 aromatic heterocycles. The molecule has 0 bridgehead atoms. The molecule has 5 heteroatoms. The van der Waals surface area contributed by atoms with E-state index < -0.39 is 5.60 Å². The number of nitrogens with zero attached hydrogens (tertiary/aromatic N) is 3. The summed E-state index contributed by atoms with van der Waals surface area (Å²) in [6, 6.07) is 1.09. The average Bonchev–Trinajstić information content (AvgIpc) is 3.05. The summed E-state index contributed by atoms with van der Waals surface area (Å²) >= 11 is 0. The first-order valence-electron chi connectivity index (χ1n) is 7.17. The predicted molar refractivity (Wildman–Crippen MR) is 72.2 cm³/mol. The lowest BCUT2D eigenvalue weighted by Crippen LogP contribution is -2.35. The maximum atomic E-state index is 11.1. The van der Waals surface area contributed by atoms with Crippen LogP contribution in [0, 0.1) is 0 Å². The molecule has 1 aliphatic heterocycles. The van der Waals surface area contributed by atoms with Gasteiger partial charge >= 0.3 is 0 Å². The van der Waals surface area contributed by atoms with Crippen LogP contribution in [-0.4, -0.2) is 45.5 Å². The first-order chi connectivity index (χ1) is 9.09. The summed E-state index contributed by atoms with van der Waals surface area (Å²) in [6.45, 7) is 5.69. The van der Waals surface area contributed by atoms with E-state index in [0.717, 1.165) is 18.7 Å². The van der Waals surface area contributed by atoms with Crippen molar-refractivity contribution in [3.63, 3.8) is 0 Å². The summed E-state index contributed by atoms with van der Waals surface area (Å²) in [5, 5.41) is 15.4. The van der Waals surface area contributed by atoms with Gasteiger partial charge in [-0.25, -0.2) is 0 Å². The number of aromatic nitrogens is 2. The lowest BCUT2D eigenvalue weighted by atomic mass is 9.96. The summed E-state index contributed by atoms with van der Waals surface area (Å²) in [5.74, 6) is 0.703. The maximum Gasteiger partial charge on any atom is 0.162 e. The molecule has 19 heavy (non-hydrogen) atoms. The molecule has 2 aliphatic rings. The van der Waals surface area contributed by atoms with Gasteiger partial charge in [0, 0.05) is 25.2 Å². The van der Waals surface area contributed by atoms with Crippen LogP contribution < -0.4 is 4.74 Å². The van der Waals surface area contributed by atoms with Gasteiger partial charge in [-0.05, 0) is 33.1 Å². The summed E-state index contributed by atoms with van der Waals surface area (Å²) in [7, 11) is 1.64. The van der Waals surface area contributed by atoms with E-state index in [4.69, 9.17) is 4.74 Å². The quantitative estimate of drug-likeness (QED) is 0.893. The first-order valence-corrected chi connectivity index (χ1v) is 7.17. The summed E-state index contributed by atoms with van der Waals surface area (Å²) in [6.07, 6.45) is 5.00. The maximum absolute atomic E-state index is 11.1. The van der Waals surface area contributed by atoms with Gasteiger partial charge in [0.2, 0.25) is 0 Å². The van der Waals surface area contributed by atoms with Crippen molar-refractivity contribution in [3.8, 4) is 5.75 Å². The average molecular weight is 265 g/mol. The monoisotopic (exact) mass is 265 g/mol. The van der Waals surface area contributed by atoms with Crippen molar-refractivity contribution < 1.29 is 9.84 Å². The van der Waals surface area contributed by atoms with Crippen LogP contribution in [0.1, 0.15) is 38.8 Å². The van der Waals surface area contributed by atoms with Crippen molar-refractivity contribution in [2.75, 3.05) is 13.7 Å². The van der Waals surface area contributed by atoms with Crippen LogP contribution in [0.25, 0.3) is 0 Å². The molecule has 5 nitrogen and oxygen atoms in total. The molecule has 1 saturated heterocycles. The zero-order valence-electron chi connectivity index (χ0n) is 12.0. The molecule has 3 rings (SSSR count). The van der Waals surface area contributed by atoms with E-state index in [1.165, 1.54) is 12.8 Å². The molecular weight excluding hydrogens is 242 g/mol. The highest BCUT2D eigenvalue weighted by Crippen LogP contribution is 2.44. The Kier molecular flexibility index (Phi) is 3.06. The molecule has 2 unspecified atom stereocenters. The Labute approximate surface area is 114 Å². The third-order valence-corrected chi connectivity index (χ3v) is 4.43. The summed E-state index contributed by atoms with van der Waals surface area (Å²) < 4.78 is 7.25. The molecular formula is C14H23N3O2. The molecule has 1 aromatic rings. The Morgan fingerprint density at radius 2 is 2.26 bits per heavy atom. The summed E-state index contributed by atoms with van der Waals surface area (Å²) in [4.78, 5) is 2.44. The van der Waals surface area contributed by atoms with Crippen molar-refractivity contribution in [1.82, 2.24) is 14.7 Å².